The molecule has 0 atom stereocenters. The molecule has 0 aliphatic rings. The number of aromatic nitrogens is 4. The second-order valence-corrected chi connectivity index (χ2v) is 6.55. The van der Waals surface area contributed by atoms with E-state index in [0.717, 1.165) is 33.6 Å². The van der Waals surface area contributed by atoms with E-state index in [0.29, 0.717) is 11.2 Å². The van der Waals surface area contributed by atoms with Gasteiger partial charge in [-0.15, -0.1) is 5.10 Å². The van der Waals surface area contributed by atoms with Gasteiger partial charge in [-0.05, 0) is 73.9 Å². The van der Waals surface area contributed by atoms with Gasteiger partial charge in [0, 0.05) is 17.4 Å². The number of carbonyl (C=O) groups excluding carboxylic acids is 1. The maximum Gasteiger partial charge on any atom is 0.255 e. The van der Waals surface area contributed by atoms with Gasteiger partial charge in [0.25, 0.3) is 5.91 Å². The number of benzene rings is 2. The molecule has 27 heavy (non-hydrogen) atoms. The first-order valence-corrected chi connectivity index (χ1v) is 8.69. The highest BCUT2D eigenvalue weighted by molar-refractivity contribution is 6.05. The molecule has 6 nitrogen and oxygen atoms in total. The molecule has 2 aromatic carbocycles. The molecule has 4 aromatic rings. The Morgan fingerprint density at radius 2 is 1.85 bits per heavy atom. The quantitative estimate of drug-likeness (QED) is 0.602. The van der Waals surface area contributed by atoms with Crippen LogP contribution >= 0.6 is 0 Å². The van der Waals surface area contributed by atoms with Gasteiger partial charge in [0.05, 0.1) is 5.69 Å². The molecule has 2 aromatic heterocycles. The summed E-state index contributed by atoms with van der Waals surface area (Å²) in [6, 6.07) is 15.1. The largest absolute Gasteiger partial charge is 0.322 e. The maximum absolute atomic E-state index is 12.7. The summed E-state index contributed by atoms with van der Waals surface area (Å²) in [5.41, 5.74) is 6.81. The zero-order valence-electron chi connectivity index (χ0n) is 15.4. The SMILES string of the molecule is Cc1cc(C(=O)Nc2cccc(C)c2C)ccc1-n1nnc2cccnc21. The predicted octanol–water partition coefficient (Wildman–Crippen LogP) is 3.99. The Morgan fingerprint density at radius 3 is 2.67 bits per heavy atom. The van der Waals surface area contributed by atoms with Gasteiger partial charge in [0.15, 0.2) is 5.65 Å². The lowest BCUT2D eigenvalue weighted by atomic mass is 10.1. The van der Waals surface area contributed by atoms with E-state index in [1.807, 2.05) is 63.2 Å². The van der Waals surface area contributed by atoms with Crippen molar-refractivity contribution < 1.29 is 4.79 Å². The fourth-order valence-electron chi connectivity index (χ4n) is 3.04. The van der Waals surface area contributed by atoms with Gasteiger partial charge >= 0.3 is 0 Å². The summed E-state index contributed by atoms with van der Waals surface area (Å²) in [6.45, 7) is 5.98. The zero-order valence-corrected chi connectivity index (χ0v) is 15.4. The maximum atomic E-state index is 12.7. The molecule has 0 unspecified atom stereocenters. The number of fused-ring (bicyclic) bond motifs is 1. The fourth-order valence-corrected chi connectivity index (χ4v) is 3.04. The third-order valence-electron chi connectivity index (χ3n) is 4.75. The van der Waals surface area contributed by atoms with E-state index in [-0.39, 0.29) is 5.91 Å². The van der Waals surface area contributed by atoms with E-state index < -0.39 is 0 Å². The van der Waals surface area contributed by atoms with Crippen molar-refractivity contribution in [1.82, 2.24) is 20.0 Å². The van der Waals surface area contributed by atoms with Crippen molar-refractivity contribution in [3.63, 3.8) is 0 Å². The molecule has 0 radical (unpaired) electrons. The van der Waals surface area contributed by atoms with Crippen LogP contribution in [0.15, 0.2) is 54.7 Å². The Labute approximate surface area is 156 Å². The van der Waals surface area contributed by atoms with Crippen molar-refractivity contribution in [3.05, 3.63) is 77.0 Å². The number of nitrogens with zero attached hydrogens (tertiary/aromatic N) is 4. The first kappa shape index (κ1) is 16.9. The van der Waals surface area contributed by atoms with Gasteiger partial charge in [-0.1, -0.05) is 17.3 Å². The van der Waals surface area contributed by atoms with Crippen LogP contribution in [0.1, 0.15) is 27.0 Å². The molecule has 2 heterocycles. The van der Waals surface area contributed by atoms with Crippen molar-refractivity contribution in [2.75, 3.05) is 5.32 Å². The molecule has 134 valence electrons. The molecule has 0 aliphatic heterocycles. The number of nitrogens with one attached hydrogen (secondary N) is 1. The average Bonchev–Trinajstić information content (AvgIpc) is 3.09. The van der Waals surface area contributed by atoms with Crippen LogP contribution < -0.4 is 5.32 Å². The van der Waals surface area contributed by atoms with Crippen molar-refractivity contribution in [2.45, 2.75) is 20.8 Å². The van der Waals surface area contributed by atoms with Gasteiger partial charge in [0.2, 0.25) is 0 Å². The van der Waals surface area contributed by atoms with Crippen molar-refractivity contribution in [3.8, 4) is 5.69 Å². The number of aryl methyl sites for hydroxylation is 2. The van der Waals surface area contributed by atoms with E-state index in [4.69, 9.17) is 0 Å². The summed E-state index contributed by atoms with van der Waals surface area (Å²) in [5.74, 6) is -0.139. The summed E-state index contributed by atoms with van der Waals surface area (Å²) in [7, 11) is 0. The minimum absolute atomic E-state index is 0.139. The molecular weight excluding hydrogens is 338 g/mol. The van der Waals surface area contributed by atoms with Gasteiger partial charge in [-0.3, -0.25) is 4.79 Å². The number of amides is 1. The normalized spacial score (nSPS) is 10.9. The smallest absolute Gasteiger partial charge is 0.255 e. The minimum atomic E-state index is -0.139. The molecule has 1 amide bonds. The number of hydrogen-bond acceptors (Lipinski definition) is 4. The summed E-state index contributed by atoms with van der Waals surface area (Å²) >= 11 is 0. The van der Waals surface area contributed by atoms with Crippen molar-refractivity contribution in [2.24, 2.45) is 0 Å². The molecule has 0 saturated heterocycles. The van der Waals surface area contributed by atoms with Crippen LogP contribution in [0.3, 0.4) is 0 Å². The second kappa shape index (κ2) is 6.64. The standard InChI is InChI=1S/C21H19N5O/c1-13-6-4-7-17(15(13)3)23-21(27)16-9-10-19(14(2)12-16)26-20-18(24-25-26)8-5-11-22-20/h4-12H,1-3H3,(H,23,27). The molecule has 0 aliphatic carbocycles. The van der Waals surface area contributed by atoms with Crippen molar-refractivity contribution in [1.29, 1.82) is 0 Å². The fraction of sp³-hybridized carbons (Fsp3) is 0.143. The number of hydrogen-bond donors (Lipinski definition) is 1. The third kappa shape index (κ3) is 3.06. The molecule has 0 bridgehead atoms. The van der Waals surface area contributed by atoms with E-state index >= 15 is 0 Å². The van der Waals surface area contributed by atoms with E-state index in [1.54, 1.807) is 16.9 Å². The highest BCUT2D eigenvalue weighted by Crippen LogP contribution is 2.21. The minimum Gasteiger partial charge on any atom is -0.322 e. The second-order valence-electron chi connectivity index (χ2n) is 6.55. The molecule has 0 spiro atoms. The summed E-state index contributed by atoms with van der Waals surface area (Å²) in [5, 5.41) is 11.3. The number of carbonyl (C=O) groups is 1. The zero-order chi connectivity index (χ0) is 19.0. The third-order valence-corrected chi connectivity index (χ3v) is 4.75. The topological polar surface area (TPSA) is 72.7 Å². The molecule has 0 fully saturated rings. The van der Waals surface area contributed by atoms with Crippen LogP contribution in [0.4, 0.5) is 5.69 Å². The molecule has 1 N–H and O–H groups in total. The van der Waals surface area contributed by atoms with Gasteiger partial charge < -0.3 is 5.32 Å². The van der Waals surface area contributed by atoms with Crippen LogP contribution in [0.25, 0.3) is 16.9 Å². The van der Waals surface area contributed by atoms with Crippen LogP contribution in [0.5, 0.6) is 0 Å². The number of rotatable bonds is 3. The lowest BCUT2D eigenvalue weighted by Gasteiger charge is -2.12. The van der Waals surface area contributed by atoms with Crippen LogP contribution in [-0.4, -0.2) is 25.9 Å². The lowest BCUT2D eigenvalue weighted by Crippen LogP contribution is -2.14. The Morgan fingerprint density at radius 1 is 1.00 bits per heavy atom. The monoisotopic (exact) mass is 357 g/mol. The summed E-state index contributed by atoms with van der Waals surface area (Å²) in [4.78, 5) is 17.0. The molecule has 4 rings (SSSR count). The van der Waals surface area contributed by atoms with Gasteiger partial charge in [-0.25, -0.2) is 4.98 Å². The van der Waals surface area contributed by atoms with Crippen molar-refractivity contribution >= 4 is 22.8 Å². The summed E-state index contributed by atoms with van der Waals surface area (Å²) < 4.78 is 1.69. The predicted molar refractivity (Wildman–Crippen MR) is 105 cm³/mol. The first-order chi connectivity index (χ1) is 13.0. The average molecular weight is 357 g/mol. The van der Waals surface area contributed by atoms with Crippen LogP contribution in [0, 0.1) is 20.8 Å². The van der Waals surface area contributed by atoms with E-state index in [9.17, 15) is 4.79 Å². The molecule has 6 heteroatoms. The molecular formula is C21H19N5O. The highest BCUT2D eigenvalue weighted by atomic mass is 16.1. The van der Waals surface area contributed by atoms with E-state index in [1.165, 1.54) is 0 Å². The molecule has 0 saturated carbocycles. The Bertz CT molecular complexity index is 1160. The van der Waals surface area contributed by atoms with Crippen LogP contribution in [0.2, 0.25) is 0 Å². The Balaban J connectivity index is 1.65. The number of pyridine rings is 1. The van der Waals surface area contributed by atoms with Gasteiger partial charge in [0.1, 0.15) is 5.52 Å². The lowest BCUT2D eigenvalue weighted by molar-refractivity contribution is 0.102. The van der Waals surface area contributed by atoms with E-state index in [2.05, 4.69) is 20.6 Å². The Kier molecular flexibility index (Phi) is 4.16. The Hall–Kier alpha value is -3.54. The van der Waals surface area contributed by atoms with Crippen LogP contribution in [-0.2, 0) is 0 Å². The first-order valence-electron chi connectivity index (χ1n) is 8.69. The number of anilines is 1. The highest BCUT2D eigenvalue weighted by Gasteiger charge is 2.13. The van der Waals surface area contributed by atoms with Gasteiger partial charge in [-0.2, -0.15) is 4.68 Å². The summed E-state index contributed by atoms with van der Waals surface area (Å²) in [6.07, 6.45) is 1.71.